The molecule has 3 unspecified atom stereocenters. The summed E-state index contributed by atoms with van der Waals surface area (Å²) < 4.78 is 10.5. The van der Waals surface area contributed by atoms with Crippen LogP contribution in [0.3, 0.4) is 0 Å². The van der Waals surface area contributed by atoms with Crippen molar-refractivity contribution in [2.45, 2.75) is 62.0 Å². The molecule has 4 saturated heterocycles. The highest BCUT2D eigenvalue weighted by Gasteiger charge is 2.76. The summed E-state index contributed by atoms with van der Waals surface area (Å²) in [6, 6.07) is 6.84. The van der Waals surface area contributed by atoms with Gasteiger partial charge in [-0.05, 0) is 56.4 Å². The number of thioether (sulfide) groups is 1. The van der Waals surface area contributed by atoms with Crippen molar-refractivity contribution in [3.8, 4) is 5.75 Å². The fraction of sp³-hybridized carbons (Fsp3) is 0.649. The minimum absolute atomic E-state index is 0.0445. The standard InChI is InChI=1S/C37H54N4O6S/c1-5-16-39(20-19-38-21-24-46-25-22-38)36(45)33-37-27(4)26-30(48-37)31(32(37)35(44)41(33)18-10-8-9-11-23-42)34(43)40(17-6-2)28-12-14-29(15-13-28)47-7-3/h5-6,12-15,27,30-33,42H,1-2,7-11,16-26H2,3-4H3/t27?,30-,31+,32+,33?,37?/m1/s1. The third kappa shape index (κ3) is 7.20. The number of rotatable bonds is 18. The molecule has 11 heteroatoms. The number of likely N-dealkylation sites (tertiary alicyclic amines) is 1. The highest BCUT2D eigenvalue weighted by atomic mass is 32.2. The maximum Gasteiger partial charge on any atom is 0.247 e. The lowest BCUT2D eigenvalue weighted by molar-refractivity contribution is -0.142. The number of unbranched alkanes of at least 4 members (excludes halogenated alkanes) is 3. The highest BCUT2D eigenvalue weighted by molar-refractivity contribution is 8.02. The first-order valence-electron chi connectivity index (χ1n) is 17.8. The molecule has 1 aromatic rings. The van der Waals surface area contributed by atoms with Gasteiger partial charge in [0.25, 0.3) is 0 Å². The van der Waals surface area contributed by atoms with E-state index in [1.54, 1.807) is 28.8 Å². The van der Waals surface area contributed by atoms with E-state index in [-0.39, 0.29) is 35.5 Å². The normalized spacial score (nSPS) is 27.9. The highest BCUT2D eigenvalue weighted by Crippen LogP contribution is 2.69. The average Bonchev–Trinajstić information content (AvgIpc) is 3.69. The molecule has 4 aliphatic rings. The Morgan fingerprint density at radius 2 is 1.77 bits per heavy atom. The van der Waals surface area contributed by atoms with Crippen LogP contribution in [0.15, 0.2) is 49.6 Å². The maximum absolute atomic E-state index is 14.9. The van der Waals surface area contributed by atoms with Crippen molar-refractivity contribution in [2.24, 2.45) is 17.8 Å². The summed E-state index contributed by atoms with van der Waals surface area (Å²) >= 11 is 1.72. The van der Waals surface area contributed by atoms with Crippen LogP contribution in [-0.4, -0.2) is 126 Å². The van der Waals surface area contributed by atoms with Crippen molar-refractivity contribution in [1.29, 1.82) is 0 Å². The Morgan fingerprint density at radius 3 is 2.44 bits per heavy atom. The molecule has 1 aromatic carbocycles. The number of aliphatic hydroxyl groups excluding tert-OH is 1. The molecule has 48 heavy (non-hydrogen) atoms. The summed E-state index contributed by atoms with van der Waals surface area (Å²) in [6.45, 7) is 18.2. The van der Waals surface area contributed by atoms with Crippen LogP contribution in [0.4, 0.5) is 5.69 Å². The lowest BCUT2D eigenvalue weighted by Crippen LogP contribution is -2.58. The molecule has 10 nitrogen and oxygen atoms in total. The van der Waals surface area contributed by atoms with E-state index in [0.717, 1.165) is 56.8 Å². The summed E-state index contributed by atoms with van der Waals surface area (Å²) in [5.41, 5.74) is 0.734. The Hall–Kier alpha value is -2.86. The minimum Gasteiger partial charge on any atom is -0.494 e. The van der Waals surface area contributed by atoms with Crippen LogP contribution in [0.1, 0.15) is 46.0 Å². The number of nitrogens with zero attached hydrogens (tertiary/aromatic N) is 4. The van der Waals surface area contributed by atoms with E-state index in [1.165, 1.54) is 0 Å². The zero-order valence-corrected chi connectivity index (χ0v) is 29.6. The summed E-state index contributed by atoms with van der Waals surface area (Å²) in [5, 5.41) is 9.24. The number of hydrogen-bond donors (Lipinski definition) is 1. The molecular weight excluding hydrogens is 628 g/mol. The molecule has 1 N–H and O–H groups in total. The molecule has 4 heterocycles. The smallest absolute Gasteiger partial charge is 0.247 e. The topological polar surface area (TPSA) is 103 Å². The van der Waals surface area contributed by atoms with Crippen molar-refractivity contribution in [3.05, 3.63) is 49.6 Å². The molecule has 4 aliphatic heterocycles. The Kier molecular flexibility index (Phi) is 12.7. The van der Waals surface area contributed by atoms with Crippen molar-refractivity contribution >= 4 is 35.2 Å². The second-order valence-electron chi connectivity index (χ2n) is 13.4. The van der Waals surface area contributed by atoms with Crippen molar-refractivity contribution in [2.75, 3.05) is 77.1 Å². The van der Waals surface area contributed by atoms with Gasteiger partial charge in [0.2, 0.25) is 17.7 Å². The van der Waals surface area contributed by atoms with Crippen LogP contribution in [0.25, 0.3) is 0 Å². The van der Waals surface area contributed by atoms with E-state index in [4.69, 9.17) is 9.47 Å². The van der Waals surface area contributed by atoms with Gasteiger partial charge in [0.05, 0.1) is 36.4 Å². The lowest BCUT2D eigenvalue weighted by Gasteiger charge is -2.41. The second-order valence-corrected chi connectivity index (χ2v) is 15.0. The maximum atomic E-state index is 14.9. The van der Waals surface area contributed by atoms with E-state index in [2.05, 4.69) is 25.0 Å². The lowest BCUT2D eigenvalue weighted by atomic mass is 9.65. The summed E-state index contributed by atoms with van der Waals surface area (Å²) in [7, 11) is 0. The SMILES string of the molecule is C=CCN(CCN1CCOCC1)C(=O)C1N(CCCCCCO)C(=O)[C@@H]2[C@@H](C(=O)N(CC=C)c3ccc(OCC)cc3)[C@H]3CC(C)C12S3. The number of carbonyl (C=O) groups is 3. The number of hydrogen-bond acceptors (Lipinski definition) is 8. The van der Waals surface area contributed by atoms with Gasteiger partial charge in [-0.2, -0.15) is 0 Å². The quantitative estimate of drug-likeness (QED) is 0.184. The molecule has 0 saturated carbocycles. The largest absolute Gasteiger partial charge is 0.494 e. The predicted octanol–water partition coefficient (Wildman–Crippen LogP) is 3.84. The van der Waals surface area contributed by atoms with Crippen LogP contribution in [0.2, 0.25) is 0 Å². The molecule has 6 atom stereocenters. The number of fused-ring (bicyclic) bond motifs is 1. The van der Waals surface area contributed by atoms with E-state index in [1.807, 2.05) is 41.0 Å². The summed E-state index contributed by atoms with van der Waals surface area (Å²) in [5.74, 6) is -0.521. The van der Waals surface area contributed by atoms with Gasteiger partial charge in [0.15, 0.2) is 0 Å². The van der Waals surface area contributed by atoms with Crippen molar-refractivity contribution < 1.29 is 29.0 Å². The van der Waals surface area contributed by atoms with Crippen LogP contribution in [-0.2, 0) is 19.1 Å². The Balaban J connectivity index is 1.46. The number of amides is 3. The Bertz CT molecular complexity index is 1290. The molecule has 264 valence electrons. The van der Waals surface area contributed by atoms with Crippen LogP contribution in [0.5, 0.6) is 5.75 Å². The van der Waals surface area contributed by atoms with E-state index >= 15 is 0 Å². The number of anilines is 1. The van der Waals surface area contributed by atoms with E-state index in [0.29, 0.717) is 52.4 Å². The first-order chi connectivity index (χ1) is 23.3. The zero-order chi connectivity index (χ0) is 34.3. The van der Waals surface area contributed by atoms with Crippen LogP contribution >= 0.6 is 11.8 Å². The average molecular weight is 683 g/mol. The third-order valence-electron chi connectivity index (χ3n) is 10.6. The minimum atomic E-state index is -0.693. The first-order valence-corrected chi connectivity index (χ1v) is 18.6. The fourth-order valence-electron chi connectivity index (χ4n) is 8.30. The van der Waals surface area contributed by atoms with E-state index < -0.39 is 22.6 Å². The van der Waals surface area contributed by atoms with Gasteiger partial charge >= 0.3 is 0 Å². The number of benzene rings is 1. The molecule has 2 bridgehead atoms. The zero-order valence-electron chi connectivity index (χ0n) is 28.8. The van der Waals surface area contributed by atoms with Gasteiger partial charge in [0, 0.05) is 63.4 Å². The summed E-state index contributed by atoms with van der Waals surface area (Å²) in [6.07, 6.45) is 7.43. The molecule has 1 spiro atoms. The van der Waals surface area contributed by atoms with Crippen molar-refractivity contribution in [3.63, 3.8) is 0 Å². The van der Waals surface area contributed by atoms with Gasteiger partial charge < -0.3 is 29.3 Å². The number of carbonyl (C=O) groups excluding carboxylic acids is 3. The van der Waals surface area contributed by atoms with Gasteiger partial charge in [0.1, 0.15) is 11.8 Å². The first kappa shape index (κ1) is 36.4. The van der Waals surface area contributed by atoms with Crippen molar-refractivity contribution in [1.82, 2.24) is 14.7 Å². The van der Waals surface area contributed by atoms with Gasteiger partial charge in [-0.15, -0.1) is 24.9 Å². The van der Waals surface area contributed by atoms with Crippen LogP contribution in [0, 0.1) is 17.8 Å². The monoisotopic (exact) mass is 682 g/mol. The van der Waals surface area contributed by atoms with Gasteiger partial charge in [-0.25, -0.2) is 0 Å². The second kappa shape index (κ2) is 16.7. The fourth-order valence-corrected chi connectivity index (χ4v) is 10.7. The molecule has 4 fully saturated rings. The van der Waals surface area contributed by atoms with E-state index in [9.17, 15) is 19.5 Å². The summed E-state index contributed by atoms with van der Waals surface area (Å²) in [4.78, 5) is 52.0. The Labute approximate surface area is 290 Å². The number of ether oxygens (including phenoxy) is 2. The molecule has 3 amide bonds. The van der Waals surface area contributed by atoms with Gasteiger partial charge in [-0.3, -0.25) is 19.3 Å². The molecule has 0 radical (unpaired) electrons. The number of morpholine rings is 1. The molecule has 0 aliphatic carbocycles. The molecular formula is C37H54N4O6S. The van der Waals surface area contributed by atoms with Crippen LogP contribution < -0.4 is 9.64 Å². The molecule has 0 aromatic heterocycles. The number of aliphatic hydroxyl groups is 1. The predicted molar refractivity (Wildman–Crippen MR) is 190 cm³/mol. The molecule has 5 rings (SSSR count). The Morgan fingerprint density at radius 1 is 1.06 bits per heavy atom. The third-order valence-corrected chi connectivity index (χ3v) is 12.6. The van der Waals surface area contributed by atoms with Gasteiger partial charge in [-0.1, -0.05) is 31.9 Å².